The molecule has 3 aromatic rings. The van der Waals surface area contributed by atoms with Crippen LogP contribution in [0, 0.1) is 0 Å². The molecule has 164 valence electrons. The Morgan fingerprint density at radius 1 is 1.13 bits per heavy atom. The summed E-state index contributed by atoms with van der Waals surface area (Å²) in [6, 6.07) is 15.9. The van der Waals surface area contributed by atoms with Gasteiger partial charge >= 0.3 is 0 Å². The van der Waals surface area contributed by atoms with Crippen LogP contribution in [0.4, 0.5) is 0 Å². The molecule has 2 heterocycles. The van der Waals surface area contributed by atoms with Crippen molar-refractivity contribution in [2.75, 3.05) is 26.0 Å². The third-order valence-corrected chi connectivity index (χ3v) is 6.62. The molecule has 0 radical (unpaired) electrons. The van der Waals surface area contributed by atoms with Crippen molar-refractivity contribution in [2.45, 2.75) is 43.9 Å². The molecule has 0 bridgehead atoms. The molecule has 1 fully saturated rings. The average molecular weight is 440 g/mol. The van der Waals surface area contributed by atoms with E-state index in [1.165, 1.54) is 6.42 Å². The van der Waals surface area contributed by atoms with Gasteiger partial charge in [0.05, 0.1) is 24.8 Å². The Morgan fingerprint density at radius 2 is 1.90 bits per heavy atom. The van der Waals surface area contributed by atoms with Crippen LogP contribution in [-0.4, -0.2) is 52.4 Å². The summed E-state index contributed by atoms with van der Waals surface area (Å²) in [6.45, 7) is 3.84. The zero-order chi connectivity index (χ0) is 21.6. The Hall–Kier alpha value is -2.67. The molecule has 1 aliphatic rings. The Morgan fingerprint density at radius 3 is 2.71 bits per heavy atom. The summed E-state index contributed by atoms with van der Waals surface area (Å²) in [5.74, 6) is 2.34. The van der Waals surface area contributed by atoms with Gasteiger partial charge in [-0.2, -0.15) is 0 Å². The minimum Gasteiger partial charge on any atom is -0.493 e. The molecule has 2 aromatic carbocycles. The second-order valence-corrected chi connectivity index (χ2v) is 8.81. The maximum atomic E-state index is 13.1. The van der Waals surface area contributed by atoms with Crippen molar-refractivity contribution in [3.05, 3.63) is 48.5 Å². The molecule has 7 heteroatoms. The highest BCUT2D eigenvalue weighted by molar-refractivity contribution is 7.99. The van der Waals surface area contributed by atoms with Gasteiger partial charge in [0.2, 0.25) is 5.91 Å². The van der Waals surface area contributed by atoms with E-state index >= 15 is 0 Å². The molecule has 0 unspecified atom stereocenters. The van der Waals surface area contributed by atoms with Gasteiger partial charge in [0, 0.05) is 18.3 Å². The molecular weight excluding hydrogens is 410 g/mol. The van der Waals surface area contributed by atoms with E-state index in [0.29, 0.717) is 19.2 Å². The van der Waals surface area contributed by atoms with E-state index in [2.05, 4.69) is 6.92 Å². The van der Waals surface area contributed by atoms with Gasteiger partial charge in [-0.15, -0.1) is 0 Å². The molecule has 1 aliphatic heterocycles. The number of rotatable bonds is 8. The number of imidazole rings is 1. The zero-order valence-corrected chi connectivity index (χ0v) is 18.9. The van der Waals surface area contributed by atoms with Gasteiger partial charge in [0.15, 0.2) is 16.7 Å². The predicted octanol–water partition coefficient (Wildman–Crippen LogP) is 4.62. The Balaban J connectivity index is 1.45. The molecule has 4 rings (SSSR count). The van der Waals surface area contributed by atoms with Crippen LogP contribution < -0.4 is 9.47 Å². The lowest BCUT2D eigenvalue weighted by molar-refractivity contribution is -0.135. The largest absolute Gasteiger partial charge is 0.493 e. The monoisotopic (exact) mass is 439 g/mol. The average Bonchev–Trinajstić information content (AvgIpc) is 3.14. The lowest BCUT2D eigenvalue weighted by atomic mass is 10.0. The number of benzene rings is 2. The van der Waals surface area contributed by atoms with Crippen LogP contribution in [0.2, 0.25) is 0 Å². The first-order valence-corrected chi connectivity index (χ1v) is 11.8. The quantitative estimate of drug-likeness (QED) is 0.379. The topological polar surface area (TPSA) is 56.6 Å². The second-order valence-electron chi connectivity index (χ2n) is 7.75. The maximum absolute atomic E-state index is 13.1. The van der Waals surface area contributed by atoms with E-state index in [9.17, 15) is 4.79 Å². The summed E-state index contributed by atoms with van der Waals surface area (Å²) in [5, 5.41) is 0.850. The smallest absolute Gasteiger partial charge is 0.242 e. The number of para-hydroxylation sites is 4. The standard InChI is InChI=1S/C24H29N3O3S/c1-18-9-7-8-14-26(18)23(28)17-27-20-11-4-3-10-19(20)25-24(27)31-16-15-30-22-13-6-5-12-21(22)29-2/h3-6,10-13,18H,7-9,14-17H2,1-2H3/t18-/m1/s1. The lowest BCUT2D eigenvalue weighted by Crippen LogP contribution is -2.43. The number of hydrogen-bond donors (Lipinski definition) is 0. The third kappa shape index (κ3) is 4.98. The van der Waals surface area contributed by atoms with Crippen molar-refractivity contribution in [1.29, 1.82) is 0 Å². The van der Waals surface area contributed by atoms with Crippen LogP contribution in [0.5, 0.6) is 11.5 Å². The number of likely N-dealkylation sites (tertiary alicyclic amines) is 1. The van der Waals surface area contributed by atoms with Gasteiger partial charge in [-0.3, -0.25) is 4.79 Å². The van der Waals surface area contributed by atoms with Gasteiger partial charge in [-0.05, 0) is 50.5 Å². The van der Waals surface area contributed by atoms with E-state index in [4.69, 9.17) is 14.5 Å². The number of carbonyl (C=O) groups is 1. The summed E-state index contributed by atoms with van der Waals surface area (Å²) in [7, 11) is 1.64. The second kappa shape index (κ2) is 10.1. The van der Waals surface area contributed by atoms with Gasteiger partial charge < -0.3 is 18.9 Å². The highest BCUT2D eigenvalue weighted by Crippen LogP contribution is 2.28. The van der Waals surface area contributed by atoms with Crippen molar-refractivity contribution < 1.29 is 14.3 Å². The number of methoxy groups -OCH3 is 1. The highest BCUT2D eigenvalue weighted by atomic mass is 32.2. The summed E-state index contributed by atoms with van der Waals surface area (Å²) in [4.78, 5) is 19.9. The Labute approximate surface area is 187 Å². The number of ether oxygens (including phenoxy) is 2. The van der Waals surface area contributed by atoms with Crippen molar-refractivity contribution in [2.24, 2.45) is 0 Å². The molecular formula is C24H29N3O3S. The highest BCUT2D eigenvalue weighted by Gasteiger charge is 2.24. The van der Waals surface area contributed by atoms with E-state index in [-0.39, 0.29) is 5.91 Å². The summed E-state index contributed by atoms with van der Waals surface area (Å²) >= 11 is 1.61. The lowest BCUT2D eigenvalue weighted by Gasteiger charge is -2.33. The summed E-state index contributed by atoms with van der Waals surface area (Å²) < 4.78 is 13.3. The molecule has 0 spiro atoms. The number of amides is 1. The normalized spacial score (nSPS) is 16.5. The van der Waals surface area contributed by atoms with Crippen LogP contribution in [0.1, 0.15) is 26.2 Å². The fourth-order valence-corrected chi connectivity index (χ4v) is 4.86. The van der Waals surface area contributed by atoms with Crippen LogP contribution in [0.15, 0.2) is 53.7 Å². The number of fused-ring (bicyclic) bond motifs is 1. The van der Waals surface area contributed by atoms with Crippen molar-refractivity contribution in [1.82, 2.24) is 14.5 Å². The third-order valence-electron chi connectivity index (χ3n) is 5.68. The molecule has 1 atom stereocenters. The Kier molecular flexibility index (Phi) is 7.02. The SMILES string of the molecule is COc1ccccc1OCCSc1nc2ccccc2n1CC(=O)N1CCCC[C@H]1C. The van der Waals surface area contributed by atoms with Gasteiger partial charge in [0.25, 0.3) is 0 Å². The van der Waals surface area contributed by atoms with Crippen LogP contribution in [0.3, 0.4) is 0 Å². The molecule has 1 amide bonds. The first kappa shape index (κ1) is 21.6. The minimum absolute atomic E-state index is 0.169. The number of piperidine rings is 1. The zero-order valence-electron chi connectivity index (χ0n) is 18.1. The fraction of sp³-hybridized carbons (Fsp3) is 0.417. The van der Waals surface area contributed by atoms with E-state index in [1.807, 2.05) is 58.0 Å². The maximum Gasteiger partial charge on any atom is 0.242 e. The number of carbonyl (C=O) groups excluding carboxylic acids is 1. The number of aromatic nitrogens is 2. The molecule has 0 saturated carbocycles. The first-order chi connectivity index (χ1) is 15.2. The number of nitrogens with zero attached hydrogens (tertiary/aromatic N) is 3. The predicted molar refractivity (Wildman–Crippen MR) is 124 cm³/mol. The van der Waals surface area contributed by atoms with Gasteiger partial charge in [-0.25, -0.2) is 4.98 Å². The molecule has 31 heavy (non-hydrogen) atoms. The molecule has 0 aliphatic carbocycles. The molecule has 1 saturated heterocycles. The van der Waals surface area contributed by atoms with Crippen LogP contribution in [0.25, 0.3) is 11.0 Å². The van der Waals surface area contributed by atoms with Crippen molar-refractivity contribution in [3.8, 4) is 11.5 Å². The Bertz CT molecular complexity index is 1040. The fourth-order valence-electron chi connectivity index (χ4n) is 4.03. The number of hydrogen-bond acceptors (Lipinski definition) is 5. The van der Waals surface area contributed by atoms with Crippen LogP contribution >= 0.6 is 11.8 Å². The molecule has 6 nitrogen and oxygen atoms in total. The first-order valence-electron chi connectivity index (χ1n) is 10.8. The van der Waals surface area contributed by atoms with Crippen LogP contribution in [-0.2, 0) is 11.3 Å². The van der Waals surface area contributed by atoms with Gasteiger partial charge in [-0.1, -0.05) is 36.0 Å². The minimum atomic E-state index is 0.169. The molecule has 1 aromatic heterocycles. The summed E-state index contributed by atoms with van der Waals surface area (Å²) in [5.41, 5.74) is 1.91. The molecule has 0 N–H and O–H groups in total. The van der Waals surface area contributed by atoms with E-state index < -0.39 is 0 Å². The van der Waals surface area contributed by atoms with Crippen molar-refractivity contribution >= 4 is 28.7 Å². The van der Waals surface area contributed by atoms with E-state index in [1.54, 1.807) is 18.9 Å². The van der Waals surface area contributed by atoms with E-state index in [0.717, 1.165) is 52.8 Å². The van der Waals surface area contributed by atoms with Gasteiger partial charge in [0.1, 0.15) is 6.54 Å². The van der Waals surface area contributed by atoms with Crippen molar-refractivity contribution in [3.63, 3.8) is 0 Å². The number of thioether (sulfide) groups is 1. The summed E-state index contributed by atoms with van der Waals surface area (Å²) in [6.07, 6.45) is 3.37.